The van der Waals surface area contributed by atoms with Crippen molar-refractivity contribution in [2.24, 2.45) is 0 Å². The summed E-state index contributed by atoms with van der Waals surface area (Å²) in [6.07, 6.45) is 0.779. The van der Waals surface area contributed by atoms with Crippen LogP contribution in [0, 0.1) is 0 Å². The molecule has 114 valence electrons. The first kappa shape index (κ1) is 18.4. The van der Waals surface area contributed by atoms with Crippen LogP contribution in [-0.4, -0.2) is 75.2 Å². The maximum atomic E-state index is 11.8. The van der Waals surface area contributed by atoms with Gasteiger partial charge in [-0.25, -0.2) is 0 Å². The Bertz CT molecular complexity index is 245. The Hall–Kier alpha value is -0.650. The highest BCUT2D eigenvalue weighted by molar-refractivity contribution is 5.75. The van der Waals surface area contributed by atoms with Gasteiger partial charge in [-0.3, -0.25) is 4.79 Å². The molecule has 0 spiro atoms. The number of hydrogen-bond donors (Lipinski definition) is 1. The van der Waals surface area contributed by atoms with Gasteiger partial charge in [-0.15, -0.1) is 0 Å². The van der Waals surface area contributed by atoms with Crippen LogP contribution in [0.15, 0.2) is 0 Å². The minimum Gasteiger partial charge on any atom is -0.465 e. The molecule has 0 aromatic carbocycles. The zero-order valence-corrected chi connectivity index (χ0v) is 13.4. The fourth-order valence-electron chi connectivity index (χ4n) is 1.75. The Morgan fingerprint density at radius 3 is 2.26 bits per heavy atom. The monoisotopic (exact) mass is 273 g/mol. The zero-order valence-electron chi connectivity index (χ0n) is 13.4. The van der Waals surface area contributed by atoms with Gasteiger partial charge in [-0.1, -0.05) is 13.8 Å². The maximum absolute atomic E-state index is 11.8. The molecule has 0 radical (unpaired) electrons. The van der Waals surface area contributed by atoms with E-state index in [9.17, 15) is 4.79 Å². The zero-order chi connectivity index (χ0) is 14.8. The SMILES string of the molecule is CCOC(=O)C(CCN(C)CCN(C)C)NC(C)C. The molecule has 0 amide bonds. The molecule has 0 rings (SSSR count). The van der Waals surface area contributed by atoms with E-state index in [4.69, 9.17) is 4.74 Å². The Labute approximate surface area is 118 Å². The summed E-state index contributed by atoms with van der Waals surface area (Å²) in [4.78, 5) is 16.2. The van der Waals surface area contributed by atoms with Gasteiger partial charge in [0.2, 0.25) is 0 Å². The third kappa shape index (κ3) is 9.87. The Morgan fingerprint density at radius 2 is 1.79 bits per heavy atom. The number of ether oxygens (including phenoxy) is 1. The Balaban J connectivity index is 4.13. The third-order valence-corrected chi connectivity index (χ3v) is 2.83. The van der Waals surface area contributed by atoms with E-state index < -0.39 is 0 Å². The average Bonchev–Trinajstić information content (AvgIpc) is 2.31. The summed E-state index contributed by atoms with van der Waals surface area (Å²) in [7, 11) is 6.21. The lowest BCUT2D eigenvalue weighted by Crippen LogP contribution is -2.44. The summed E-state index contributed by atoms with van der Waals surface area (Å²) in [5, 5.41) is 3.27. The molecule has 0 aliphatic heterocycles. The third-order valence-electron chi connectivity index (χ3n) is 2.83. The Morgan fingerprint density at radius 1 is 1.16 bits per heavy atom. The summed E-state index contributed by atoms with van der Waals surface area (Å²) in [5.41, 5.74) is 0. The van der Waals surface area contributed by atoms with Gasteiger partial charge in [0.15, 0.2) is 0 Å². The summed E-state index contributed by atoms with van der Waals surface area (Å²) in [6, 6.07) is 0.0724. The van der Waals surface area contributed by atoms with Gasteiger partial charge in [0.25, 0.3) is 0 Å². The largest absolute Gasteiger partial charge is 0.465 e. The predicted molar refractivity (Wildman–Crippen MR) is 79.4 cm³/mol. The van der Waals surface area contributed by atoms with Gasteiger partial charge in [-0.05, 0) is 41.0 Å². The van der Waals surface area contributed by atoms with Crippen LogP contribution < -0.4 is 5.32 Å². The summed E-state index contributed by atoms with van der Waals surface area (Å²) < 4.78 is 5.11. The quantitative estimate of drug-likeness (QED) is 0.597. The van der Waals surface area contributed by atoms with E-state index in [1.165, 1.54) is 0 Å². The lowest BCUT2D eigenvalue weighted by atomic mass is 10.1. The molecule has 0 bridgehead atoms. The molecular weight excluding hydrogens is 242 g/mol. The van der Waals surface area contributed by atoms with Crippen molar-refractivity contribution in [1.82, 2.24) is 15.1 Å². The van der Waals surface area contributed by atoms with E-state index in [1.807, 2.05) is 20.8 Å². The number of carbonyl (C=O) groups excluding carboxylic acids is 1. The van der Waals surface area contributed by atoms with Gasteiger partial charge in [0.05, 0.1) is 6.61 Å². The number of carbonyl (C=O) groups is 1. The van der Waals surface area contributed by atoms with Gasteiger partial charge >= 0.3 is 5.97 Å². The molecule has 0 saturated heterocycles. The molecule has 0 aromatic rings. The molecule has 0 fully saturated rings. The number of hydrogen-bond acceptors (Lipinski definition) is 5. The number of rotatable bonds is 10. The highest BCUT2D eigenvalue weighted by Crippen LogP contribution is 2.00. The van der Waals surface area contributed by atoms with E-state index >= 15 is 0 Å². The van der Waals surface area contributed by atoms with Crippen molar-refractivity contribution in [3.8, 4) is 0 Å². The molecule has 0 aliphatic carbocycles. The number of nitrogens with zero attached hydrogens (tertiary/aromatic N) is 2. The number of likely N-dealkylation sites (N-methyl/N-ethyl adjacent to an activating group) is 2. The van der Waals surface area contributed by atoms with Crippen molar-refractivity contribution >= 4 is 5.97 Å². The molecule has 0 aliphatic rings. The second-order valence-corrected chi connectivity index (χ2v) is 5.52. The van der Waals surface area contributed by atoms with Crippen LogP contribution >= 0.6 is 0 Å². The molecule has 0 aromatic heterocycles. The van der Waals surface area contributed by atoms with Crippen molar-refractivity contribution in [3.63, 3.8) is 0 Å². The molecule has 1 unspecified atom stereocenters. The van der Waals surface area contributed by atoms with Crippen molar-refractivity contribution < 1.29 is 9.53 Å². The van der Waals surface area contributed by atoms with Crippen LogP contribution in [0.25, 0.3) is 0 Å². The smallest absolute Gasteiger partial charge is 0.323 e. The van der Waals surface area contributed by atoms with E-state index in [1.54, 1.807) is 0 Å². The summed E-state index contributed by atoms with van der Waals surface area (Å²) in [5.74, 6) is -0.141. The first-order valence-corrected chi connectivity index (χ1v) is 7.12. The van der Waals surface area contributed by atoms with Crippen LogP contribution in [0.4, 0.5) is 0 Å². The first-order valence-electron chi connectivity index (χ1n) is 7.12. The molecule has 5 nitrogen and oxygen atoms in total. The van der Waals surface area contributed by atoms with Crippen LogP contribution in [-0.2, 0) is 9.53 Å². The van der Waals surface area contributed by atoms with Crippen molar-refractivity contribution in [3.05, 3.63) is 0 Å². The molecule has 0 heterocycles. The minimum atomic E-state index is -0.207. The highest BCUT2D eigenvalue weighted by atomic mass is 16.5. The van der Waals surface area contributed by atoms with E-state index in [-0.39, 0.29) is 18.1 Å². The normalized spacial score (nSPS) is 13.3. The van der Waals surface area contributed by atoms with Crippen molar-refractivity contribution in [2.75, 3.05) is 47.4 Å². The Kier molecular flexibility index (Phi) is 9.83. The van der Waals surface area contributed by atoms with Gasteiger partial charge in [-0.2, -0.15) is 0 Å². The minimum absolute atomic E-state index is 0.141. The van der Waals surface area contributed by atoms with Gasteiger partial charge in [0, 0.05) is 19.1 Å². The first-order chi connectivity index (χ1) is 8.86. The van der Waals surface area contributed by atoms with Crippen LogP contribution in [0.2, 0.25) is 0 Å². The fraction of sp³-hybridized carbons (Fsp3) is 0.929. The molecule has 1 atom stereocenters. The highest BCUT2D eigenvalue weighted by Gasteiger charge is 2.20. The molecular formula is C14H31N3O2. The lowest BCUT2D eigenvalue weighted by molar-refractivity contribution is -0.146. The van der Waals surface area contributed by atoms with Crippen LogP contribution in [0.3, 0.4) is 0 Å². The topological polar surface area (TPSA) is 44.8 Å². The van der Waals surface area contributed by atoms with E-state index in [2.05, 4.69) is 36.3 Å². The van der Waals surface area contributed by atoms with Gasteiger partial charge in [0.1, 0.15) is 6.04 Å². The fourth-order valence-corrected chi connectivity index (χ4v) is 1.75. The van der Waals surface area contributed by atoms with Crippen LogP contribution in [0.1, 0.15) is 27.2 Å². The van der Waals surface area contributed by atoms with E-state index in [0.717, 1.165) is 26.1 Å². The van der Waals surface area contributed by atoms with Crippen LogP contribution in [0.5, 0.6) is 0 Å². The molecule has 1 N–H and O–H groups in total. The molecule has 19 heavy (non-hydrogen) atoms. The molecule has 0 saturated carbocycles. The summed E-state index contributed by atoms with van der Waals surface area (Å²) in [6.45, 7) is 9.28. The molecule has 5 heteroatoms. The second kappa shape index (κ2) is 10.2. The number of esters is 1. The second-order valence-electron chi connectivity index (χ2n) is 5.52. The predicted octanol–water partition coefficient (Wildman–Crippen LogP) is 0.800. The van der Waals surface area contributed by atoms with Gasteiger partial charge < -0.3 is 19.9 Å². The maximum Gasteiger partial charge on any atom is 0.323 e. The van der Waals surface area contributed by atoms with Crippen molar-refractivity contribution in [2.45, 2.75) is 39.3 Å². The van der Waals surface area contributed by atoms with E-state index in [0.29, 0.717) is 6.61 Å². The lowest BCUT2D eigenvalue weighted by Gasteiger charge is -2.24. The standard InChI is InChI=1S/C14H31N3O2/c1-7-19-14(18)13(15-12(2)3)8-9-17(6)11-10-16(4)5/h12-13,15H,7-11H2,1-6H3. The van der Waals surface area contributed by atoms with Crippen molar-refractivity contribution in [1.29, 1.82) is 0 Å². The summed E-state index contributed by atoms with van der Waals surface area (Å²) >= 11 is 0. The number of nitrogens with one attached hydrogen (secondary N) is 1. The average molecular weight is 273 g/mol.